The van der Waals surface area contributed by atoms with E-state index in [2.05, 4.69) is 10.6 Å². The van der Waals surface area contributed by atoms with Crippen LogP contribution in [0.2, 0.25) is 0 Å². The van der Waals surface area contributed by atoms with E-state index in [-0.39, 0.29) is 11.0 Å². The van der Waals surface area contributed by atoms with Gasteiger partial charge in [-0.1, -0.05) is 30.4 Å². The van der Waals surface area contributed by atoms with Gasteiger partial charge in [0.15, 0.2) is 5.92 Å². The summed E-state index contributed by atoms with van der Waals surface area (Å²) in [5.74, 6) is -2.13. The molecule has 0 radical (unpaired) electrons. The smallest absolute Gasteiger partial charge is 0.256 e. The number of amides is 2. The van der Waals surface area contributed by atoms with Crippen LogP contribution in [0.1, 0.15) is 24.2 Å². The van der Waals surface area contributed by atoms with Crippen LogP contribution in [-0.4, -0.2) is 22.8 Å². The topological polar surface area (TPSA) is 82.0 Å². The van der Waals surface area contributed by atoms with Gasteiger partial charge in [0, 0.05) is 11.6 Å². The first kappa shape index (κ1) is 15.8. The first-order valence-corrected chi connectivity index (χ1v) is 6.46. The van der Waals surface area contributed by atoms with Crippen LogP contribution in [0.25, 0.3) is 0 Å². The van der Waals surface area contributed by atoms with Crippen molar-refractivity contribution in [2.45, 2.75) is 19.9 Å². The molecule has 0 aliphatic carbocycles. The summed E-state index contributed by atoms with van der Waals surface area (Å²) in [4.78, 5) is 23.6. The molecule has 1 atom stereocenters. The van der Waals surface area contributed by atoms with E-state index in [0.29, 0.717) is 5.56 Å². The zero-order valence-corrected chi connectivity index (χ0v) is 12.0. The molecular weight excluding hydrogens is 274 g/mol. The Kier molecular flexibility index (Phi) is 5.81. The first-order valence-electron chi connectivity index (χ1n) is 6.06. The minimum absolute atomic E-state index is 0.0977. The van der Waals surface area contributed by atoms with Gasteiger partial charge in [-0.3, -0.25) is 9.59 Å². The summed E-state index contributed by atoms with van der Waals surface area (Å²) < 4.78 is 0. The zero-order valence-electron chi connectivity index (χ0n) is 11.2. The molecule has 20 heavy (non-hydrogen) atoms. The number of hydrogen-bond acceptors (Lipinski definition) is 4. The zero-order chi connectivity index (χ0) is 15.1. The molecule has 1 aromatic rings. The molecule has 0 aliphatic rings. The Bertz CT molecular complexity index is 549. The molecule has 0 spiro atoms. The number of carbonyl (C=O) groups is 2. The van der Waals surface area contributed by atoms with Gasteiger partial charge < -0.3 is 10.6 Å². The van der Waals surface area contributed by atoms with E-state index in [1.165, 1.54) is 0 Å². The van der Waals surface area contributed by atoms with E-state index in [1.807, 2.05) is 0 Å². The number of thiocarbonyl (C=S) groups is 1. The van der Waals surface area contributed by atoms with Crippen molar-refractivity contribution < 1.29 is 9.59 Å². The van der Waals surface area contributed by atoms with Gasteiger partial charge in [-0.2, -0.15) is 5.26 Å². The number of carbonyl (C=O) groups excluding carboxylic acids is 2. The summed E-state index contributed by atoms with van der Waals surface area (Å²) in [5, 5.41) is 14.0. The van der Waals surface area contributed by atoms with E-state index in [4.69, 9.17) is 17.5 Å². The molecule has 0 saturated heterocycles. The summed E-state index contributed by atoms with van der Waals surface area (Å²) >= 11 is 4.96. The molecule has 0 heterocycles. The van der Waals surface area contributed by atoms with Gasteiger partial charge in [0.25, 0.3) is 5.91 Å². The molecule has 1 aromatic carbocycles. The average molecular weight is 289 g/mol. The molecule has 1 unspecified atom stereocenters. The summed E-state index contributed by atoms with van der Waals surface area (Å²) in [6.07, 6.45) is 0. The van der Waals surface area contributed by atoms with Gasteiger partial charge in [0.05, 0.1) is 6.07 Å². The Morgan fingerprint density at radius 1 is 1.25 bits per heavy atom. The van der Waals surface area contributed by atoms with Gasteiger partial charge in [0.1, 0.15) is 4.99 Å². The maximum Gasteiger partial charge on any atom is 0.256 e. The lowest BCUT2D eigenvalue weighted by atomic mass is 10.1. The van der Waals surface area contributed by atoms with Crippen molar-refractivity contribution in [3.63, 3.8) is 0 Å². The van der Waals surface area contributed by atoms with E-state index in [1.54, 1.807) is 50.2 Å². The summed E-state index contributed by atoms with van der Waals surface area (Å²) in [6.45, 7) is 3.55. The van der Waals surface area contributed by atoms with Crippen molar-refractivity contribution in [3.8, 4) is 6.07 Å². The lowest BCUT2D eigenvalue weighted by Crippen LogP contribution is -2.43. The minimum atomic E-state index is -1.18. The van der Waals surface area contributed by atoms with E-state index >= 15 is 0 Å². The Hall–Kier alpha value is -2.26. The van der Waals surface area contributed by atoms with Crippen LogP contribution >= 0.6 is 12.2 Å². The fourth-order valence-corrected chi connectivity index (χ4v) is 1.70. The highest BCUT2D eigenvalue weighted by atomic mass is 32.1. The highest BCUT2D eigenvalue weighted by Gasteiger charge is 2.25. The monoisotopic (exact) mass is 289 g/mol. The van der Waals surface area contributed by atoms with Gasteiger partial charge in [0.2, 0.25) is 5.91 Å². The predicted octanol–water partition coefficient (Wildman–Crippen LogP) is 1.41. The Balaban J connectivity index is 2.72. The highest BCUT2D eigenvalue weighted by Crippen LogP contribution is 2.02. The largest absolute Gasteiger partial charge is 0.352 e. The molecule has 2 amide bonds. The van der Waals surface area contributed by atoms with E-state index in [0.717, 1.165) is 0 Å². The van der Waals surface area contributed by atoms with Gasteiger partial charge in [-0.25, -0.2) is 0 Å². The maximum atomic E-state index is 11.9. The SMILES string of the molecule is CC(C)NC(=O)C(C#N)C(=S)NC(=O)c1ccccc1. The van der Waals surface area contributed by atoms with E-state index in [9.17, 15) is 9.59 Å². The van der Waals surface area contributed by atoms with Gasteiger partial charge in [-0.05, 0) is 26.0 Å². The lowest BCUT2D eigenvalue weighted by Gasteiger charge is -2.14. The maximum absolute atomic E-state index is 11.9. The van der Waals surface area contributed by atoms with Crippen molar-refractivity contribution in [1.82, 2.24) is 10.6 Å². The number of hydrogen-bond donors (Lipinski definition) is 2. The molecule has 5 nitrogen and oxygen atoms in total. The van der Waals surface area contributed by atoms with Crippen molar-refractivity contribution in [2.24, 2.45) is 5.92 Å². The number of rotatable bonds is 4. The van der Waals surface area contributed by atoms with Crippen LogP contribution in [0.15, 0.2) is 30.3 Å². The van der Waals surface area contributed by atoms with Crippen molar-refractivity contribution in [1.29, 1.82) is 5.26 Å². The van der Waals surface area contributed by atoms with Crippen LogP contribution in [0.4, 0.5) is 0 Å². The number of benzene rings is 1. The highest BCUT2D eigenvalue weighted by molar-refractivity contribution is 7.80. The minimum Gasteiger partial charge on any atom is -0.352 e. The quantitative estimate of drug-likeness (QED) is 0.821. The fraction of sp³-hybridized carbons (Fsp3) is 0.286. The van der Waals surface area contributed by atoms with E-state index < -0.39 is 17.7 Å². The molecule has 1 rings (SSSR count). The van der Waals surface area contributed by atoms with Crippen molar-refractivity contribution in [2.75, 3.05) is 0 Å². The Morgan fingerprint density at radius 3 is 2.35 bits per heavy atom. The third-order valence-corrected chi connectivity index (χ3v) is 2.69. The van der Waals surface area contributed by atoms with Crippen LogP contribution in [-0.2, 0) is 4.79 Å². The molecule has 2 N–H and O–H groups in total. The molecule has 0 fully saturated rings. The predicted molar refractivity (Wildman–Crippen MR) is 78.9 cm³/mol. The summed E-state index contributed by atoms with van der Waals surface area (Å²) in [6, 6.07) is 10.1. The standard InChI is InChI=1S/C14H15N3O2S/c1-9(2)16-13(19)11(8-15)14(20)17-12(18)10-6-4-3-5-7-10/h3-7,9,11H,1-2H3,(H,16,19)(H,17,18,20). The first-order chi connectivity index (χ1) is 9.45. The molecule has 0 aromatic heterocycles. The molecule has 6 heteroatoms. The van der Waals surface area contributed by atoms with Crippen LogP contribution in [0, 0.1) is 17.2 Å². The third kappa shape index (κ3) is 4.44. The second-order valence-corrected chi connectivity index (χ2v) is 4.85. The van der Waals surface area contributed by atoms with Crippen LogP contribution < -0.4 is 10.6 Å². The Morgan fingerprint density at radius 2 is 1.85 bits per heavy atom. The van der Waals surface area contributed by atoms with Crippen molar-refractivity contribution >= 4 is 29.0 Å². The summed E-state index contributed by atoms with van der Waals surface area (Å²) in [5.41, 5.74) is 0.413. The molecule has 0 aliphatic heterocycles. The van der Waals surface area contributed by atoms with Crippen LogP contribution in [0.3, 0.4) is 0 Å². The fourth-order valence-electron chi connectivity index (χ4n) is 1.45. The summed E-state index contributed by atoms with van der Waals surface area (Å²) in [7, 11) is 0. The second-order valence-electron chi connectivity index (χ2n) is 4.41. The molecule has 0 bridgehead atoms. The van der Waals surface area contributed by atoms with Gasteiger partial charge in [-0.15, -0.1) is 0 Å². The average Bonchev–Trinajstić information content (AvgIpc) is 2.39. The normalized spacial score (nSPS) is 11.3. The number of nitriles is 1. The van der Waals surface area contributed by atoms with Crippen molar-refractivity contribution in [3.05, 3.63) is 35.9 Å². The molecule has 0 saturated carbocycles. The molecular formula is C14H15N3O2S. The number of nitrogens with zero attached hydrogens (tertiary/aromatic N) is 1. The lowest BCUT2D eigenvalue weighted by molar-refractivity contribution is -0.122. The second kappa shape index (κ2) is 7.36. The van der Waals surface area contributed by atoms with Crippen LogP contribution in [0.5, 0.6) is 0 Å². The Labute approximate surface area is 123 Å². The third-order valence-electron chi connectivity index (χ3n) is 2.36. The van der Waals surface area contributed by atoms with Gasteiger partial charge >= 0.3 is 0 Å². The number of nitrogens with one attached hydrogen (secondary N) is 2. The molecule has 104 valence electrons.